The third kappa shape index (κ3) is 3.62. The second-order valence-electron chi connectivity index (χ2n) is 6.52. The minimum absolute atomic E-state index is 0.115. The van der Waals surface area contributed by atoms with Gasteiger partial charge in [0, 0.05) is 19.3 Å². The summed E-state index contributed by atoms with van der Waals surface area (Å²) in [4.78, 5) is 2.39. The SMILES string of the molecule is CCC1(CO)CCN(Cc2ccn(-c3ccc(F)cc3)n2)CC1. The average molecular weight is 317 g/mol. The van der Waals surface area contributed by atoms with Gasteiger partial charge in [-0.05, 0) is 68.1 Å². The predicted molar refractivity (Wildman–Crippen MR) is 87.8 cm³/mol. The van der Waals surface area contributed by atoms with E-state index in [0.29, 0.717) is 0 Å². The van der Waals surface area contributed by atoms with Gasteiger partial charge in [0.25, 0.3) is 0 Å². The maximum Gasteiger partial charge on any atom is 0.123 e. The van der Waals surface area contributed by atoms with Gasteiger partial charge in [0.05, 0.1) is 11.4 Å². The molecule has 0 bridgehead atoms. The van der Waals surface area contributed by atoms with E-state index >= 15 is 0 Å². The first-order chi connectivity index (χ1) is 11.1. The van der Waals surface area contributed by atoms with Gasteiger partial charge < -0.3 is 5.11 Å². The molecule has 0 spiro atoms. The predicted octanol–water partition coefficient (Wildman–Crippen LogP) is 3.00. The minimum atomic E-state index is -0.238. The molecule has 0 unspecified atom stereocenters. The van der Waals surface area contributed by atoms with Crippen LogP contribution in [0, 0.1) is 11.2 Å². The van der Waals surface area contributed by atoms with Crippen molar-refractivity contribution in [1.29, 1.82) is 0 Å². The number of hydrogen-bond donors (Lipinski definition) is 1. The molecule has 0 aliphatic carbocycles. The number of halogens is 1. The van der Waals surface area contributed by atoms with Crippen molar-refractivity contribution in [2.24, 2.45) is 5.41 Å². The number of benzene rings is 1. The summed E-state index contributed by atoms with van der Waals surface area (Å²) in [6, 6.07) is 8.35. The Morgan fingerprint density at radius 1 is 1.17 bits per heavy atom. The van der Waals surface area contributed by atoms with Crippen LogP contribution >= 0.6 is 0 Å². The molecular weight excluding hydrogens is 293 g/mol. The number of aromatic nitrogens is 2. The summed E-state index contributed by atoms with van der Waals surface area (Å²) in [5.41, 5.74) is 1.99. The van der Waals surface area contributed by atoms with E-state index in [1.165, 1.54) is 12.1 Å². The first kappa shape index (κ1) is 16.1. The van der Waals surface area contributed by atoms with Gasteiger partial charge in [-0.3, -0.25) is 4.90 Å². The van der Waals surface area contributed by atoms with E-state index in [2.05, 4.69) is 16.9 Å². The zero-order chi connectivity index (χ0) is 16.3. The second kappa shape index (κ2) is 6.81. The maximum atomic E-state index is 13.0. The quantitative estimate of drug-likeness (QED) is 0.922. The smallest absolute Gasteiger partial charge is 0.123 e. The molecule has 2 heterocycles. The Balaban J connectivity index is 1.61. The van der Waals surface area contributed by atoms with Crippen molar-refractivity contribution < 1.29 is 9.50 Å². The van der Waals surface area contributed by atoms with Crippen molar-refractivity contribution in [2.75, 3.05) is 19.7 Å². The number of rotatable bonds is 5. The monoisotopic (exact) mass is 317 g/mol. The Kier molecular flexibility index (Phi) is 4.78. The summed E-state index contributed by atoms with van der Waals surface area (Å²) < 4.78 is 14.8. The maximum absolute atomic E-state index is 13.0. The zero-order valence-corrected chi connectivity index (χ0v) is 13.6. The number of aliphatic hydroxyl groups is 1. The molecule has 0 amide bonds. The molecule has 1 aliphatic rings. The van der Waals surface area contributed by atoms with Gasteiger partial charge in [0.2, 0.25) is 0 Å². The van der Waals surface area contributed by atoms with E-state index in [1.807, 2.05) is 12.3 Å². The molecule has 124 valence electrons. The van der Waals surface area contributed by atoms with Gasteiger partial charge in [-0.2, -0.15) is 5.10 Å². The van der Waals surface area contributed by atoms with Crippen molar-refractivity contribution in [3.05, 3.63) is 48.0 Å². The topological polar surface area (TPSA) is 41.3 Å². The fourth-order valence-electron chi connectivity index (χ4n) is 3.22. The summed E-state index contributed by atoms with van der Waals surface area (Å²) in [5.74, 6) is -0.238. The van der Waals surface area contributed by atoms with Gasteiger partial charge in [0.1, 0.15) is 5.82 Å². The summed E-state index contributed by atoms with van der Waals surface area (Å²) in [5, 5.41) is 14.2. The number of hydrogen-bond acceptors (Lipinski definition) is 3. The van der Waals surface area contributed by atoms with E-state index in [4.69, 9.17) is 0 Å². The van der Waals surface area contributed by atoms with E-state index in [9.17, 15) is 9.50 Å². The highest BCUT2D eigenvalue weighted by atomic mass is 19.1. The standard InChI is InChI=1S/C18H24FN3O/c1-2-18(14-23)8-11-21(12-9-18)13-16-7-10-22(20-16)17-5-3-15(19)4-6-17/h3-7,10,23H,2,8-9,11-14H2,1H3. The number of aliphatic hydroxyl groups excluding tert-OH is 1. The Hall–Kier alpha value is -1.72. The van der Waals surface area contributed by atoms with Crippen molar-refractivity contribution in [2.45, 2.75) is 32.7 Å². The normalized spacial score (nSPS) is 18.2. The molecular formula is C18H24FN3O. The van der Waals surface area contributed by atoms with Gasteiger partial charge >= 0.3 is 0 Å². The van der Waals surface area contributed by atoms with Gasteiger partial charge in [-0.1, -0.05) is 6.92 Å². The molecule has 4 nitrogen and oxygen atoms in total. The molecule has 23 heavy (non-hydrogen) atoms. The highest BCUT2D eigenvalue weighted by Gasteiger charge is 2.32. The Bertz CT molecular complexity index is 624. The largest absolute Gasteiger partial charge is 0.396 e. The third-order valence-corrected chi connectivity index (χ3v) is 5.12. The lowest BCUT2D eigenvalue weighted by Crippen LogP contribution is -2.41. The third-order valence-electron chi connectivity index (χ3n) is 5.12. The average Bonchev–Trinajstić information content (AvgIpc) is 3.05. The van der Waals surface area contributed by atoms with Crippen LogP contribution < -0.4 is 0 Å². The summed E-state index contributed by atoms with van der Waals surface area (Å²) in [6.45, 7) is 5.27. The van der Waals surface area contributed by atoms with Crippen LogP contribution in [0.15, 0.2) is 36.5 Å². The fourth-order valence-corrected chi connectivity index (χ4v) is 3.22. The van der Waals surface area contributed by atoms with Gasteiger partial charge in [-0.25, -0.2) is 9.07 Å². The van der Waals surface area contributed by atoms with E-state index < -0.39 is 0 Å². The lowest BCUT2D eigenvalue weighted by molar-refractivity contribution is 0.0378. The lowest BCUT2D eigenvalue weighted by Gasteiger charge is -2.40. The summed E-state index contributed by atoms with van der Waals surface area (Å²) in [6.07, 6.45) is 5.03. The molecule has 1 aromatic carbocycles. The number of nitrogens with zero attached hydrogens (tertiary/aromatic N) is 3. The molecule has 2 aromatic rings. The fraction of sp³-hybridized carbons (Fsp3) is 0.500. The molecule has 5 heteroatoms. The van der Waals surface area contributed by atoms with Crippen LogP contribution in [0.3, 0.4) is 0 Å². The molecule has 0 saturated carbocycles. The van der Waals surface area contributed by atoms with Crippen molar-refractivity contribution in [3.8, 4) is 5.69 Å². The van der Waals surface area contributed by atoms with Gasteiger partial charge in [0.15, 0.2) is 0 Å². The molecule has 0 atom stereocenters. The molecule has 1 saturated heterocycles. The van der Waals surface area contributed by atoms with Gasteiger partial charge in [-0.15, -0.1) is 0 Å². The Morgan fingerprint density at radius 2 is 1.87 bits per heavy atom. The molecule has 1 aromatic heterocycles. The molecule has 0 radical (unpaired) electrons. The first-order valence-electron chi connectivity index (χ1n) is 8.28. The van der Waals surface area contributed by atoms with Crippen LogP contribution in [0.5, 0.6) is 0 Å². The zero-order valence-electron chi connectivity index (χ0n) is 13.6. The molecule has 3 rings (SSSR count). The Morgan fingerprint density at radius 3 is 2.48 bits per heavy atom. The van der Waals surface area contributed by atoms with Crippen LogP contribution in [0.2, 0.25) is 0 Å². The highest BCUT2D eigenvalue weighted by molar-refractivity contribution is 5.31. The van der Waals surface area contributed by atoms with E-state index in [-0.39, 0.29) is 17.8 Å². The first-order valence-corrected chi connectivity index (χ1v) is 8.28. The second-order valence-corrected chi connectivity index (χ2v) is 6.52. The van der Waals surface area contributed by atoms with Crippen LogP contribution in [0.4, 0.5) is 4.39 Å². The minimum Gasteiger partial charge on any atom is -0.396 e. The molecule has 1 fully saturated rings. The van der Waals surface area contributed by atoms with Crippen molar-refractivity contribution >= 4 is 0 Å². The molecule has 1 aliphatic heterocycles. The Labute approximate surface area is 136 Å². The van der Waals surface area contributed by atoms with Crippen LogP contribution in [0.25, 0.3) is 5.69 Å². The summed E-state index contributed by atoms with van der Waals surface area (Å²) in [7, 11) is 0. The van der Waals surface area contributed by atoms with Crippen LogP contribution in [-0.2, 0) is 6.54 Å². The number of piperidine rings is 1. The van der Waals surface area contributed by atoms with Crippen LogP contribution in [0.1, 0.15) is 31.9 Å². The molecule has 1 N–H and O–H groups in total. The van der Waals surface area contributed by atoms with E-state index in [1.54, 1.807) is 16.8 Å². The highest BCUT2D eigenvalue weighted by Crippen LogP contribution is 2.34. The van der Waals surface area contributed by atoms with Crippen molar-refractivity contribution in [1.82, 2.24) is 14.7 Å². The van der Waals surface area contributed by atoms with Crippen molar-refractivity contribution in [3.63, 3.8) is 0 Å². The number of likely N-dealkylation sites (tertiary alicyclic amines) is 1. The summed E-state index contributed by atoms with van der Waals surface area (Å²) >= 11 is 0. The van der Waals surface area contributed by atoms with Crippen LogP contribution in [-0.4, -0.2) is 39.5 Å². The lowest BCUT2D eigenvalue weighted by atomic mass is 9.77. The van der Waals surface area contributed by atoms with E-state index in [0.717, 1.165) is 50.3 Å².